The highest BCUT2D eigenvalue weighted by Gasteiger charge is 2.15. The van der Waals surface area contributed by atoms with Gasteiger partial charge in [0.2, 0.25) is 0 Å². The predicted octanol–water partition coefficient (Wildman–Crippen LogP) is 0.590. The summed E-state index contributed by atoms with van der Waals surface area (Å²) in [6, 6.07) is 3.61. The molecule has 18 heavy (non-hydrogen) atoms. The molecule has 0 aliphatic heterocycles. The Morgan fingerprint density at radius 1 is 1.50 bits per heavy atom. The standard InChI is InChI=1S/C11H15N5O2/c1-7(11(17)18)6-15(3)10-5-4-9-12-8(2)13-16(9)14-10/h4-5,7H,6H2,1-3H3,(H,17,18). The molecule has 0 amide bonds. The molecule has 0 aliphatic rings. The van der Waals surface area contributed by atoms with Crippen LogP contribution >= 0.6 is 0 Å². The maximum absolute atomic E-state index is 10.8. The summed E-state index contributed by atoms with van der Waals surface area (Å²) in [4.78, 5) is 16.8. The predicted molar refractivity (Wildman–Crippen MR) is 65.6 cm³/mol. The molecule has 0 aromatic carbocycles. The number of carboxylic acids is 1. The Bertz CT molecular complexity index is 580. The van der Waals surface area contributed by atoms with Gasteiger partial charge >= 0.3 is 5.97 Å². The summed E-state index contributed by atoms with van der Waals surface area (Å²) in [5.74, 6) is 0.0474. The minimum atomic E-state index is -0.820. The average molecular weight is 249 g/mol. The summed E-state index contributed by atoms with van der Waals surface area (Å²) in [6.07, 6.45) is 0. The number of nitrogens with zero attached hydrogens (tertiary/aromatic N) is 5. The van der Waals surface area contributed by atoms with Crippen molar-refractivity contribution in [3.05, 3.63) is 18.0 Å². The fourth-order valence-electron chi connectivity index (χ4n) is 1.66. The van der Waals surface area contributed by atoms with Gasteiger partial charge in [-0.3, -0.25) is 4.79 Å². The van der Waals surface area contributed by atoms with Crippen LogP contribution < -0.4 is 4.90 Å². The van der Waals surface area contributed by atoms with Crippen LogP contribution in [0.15, 0.2) is 12.1 Å². The molecule has 0 radical (unpaired) electrons. The quantitative estimate of drug-likeness (QED) is 0.853. The van der Waals surface area contributed by atoms with Gasteiger partial charge in [-0.15, -0.1) is 14.8 Å². The lowest BCUT2D eigenvalue weighted by atomic mass is 10.2. The molecule has 2 heterocycles. The molecule has 96 valence electrons. The number of carbonyl (C=O) groups is 1. The first-order valence-electron chi connectivity index (χ1n) is 5.62. The van der Waals surface area contributed by atoms with E-state index < -0.39 is 11.9 Å². The molecule has 7 nitrogen and oxygen atoms in total. The van der Waals surface area contributed by atoms with Crippen LogP contribution in [0.3, 0.4) is 0 Å². The lowest BCUT2D eigenvalue weighted by Gasteiger charge is -2.19. The lowest BCUT2D eigenvalue weighted by Crippen LogP contribution is -2.29. The monoisotopic (exact) mass is 249 g/mol. The number of hydrogen-bond donors (Lipinski definition) is 1. The van der Waals surface area contributed by atoms with E-state index in [1.807, 2.05) is 6.07 Å². The molecule has 1 N–H and O–H groups in total. The normalized spacial score (nSPS) is 12.6. The van der Waals surface area contributed by atoms with E-state index in [0.717, 1.165) is 0 Å². The fraction of sp³-hybridized carbons (Fsp3) is 0.455. The zero-order valence-corrected chi connectivity index (χ0v) is 10.5. The molecule has 1 unspecified atom stereocenters. The summed E-state index contributed by atoms with van der Waals surface area (Å²) in [5, 5.41) is 17.3. The summed E-state index contributed by atoms with van der Waals surface area (Å²) in [5.41, 5.74) is 0.677. The summed E-state index contributed by atoms with van der Waals surface area (Å²) >= 11 is 0. The molecule has 1 atom stereocenters. The lowest BCUT2D eigenvalue weighted by molar-refractivity contribution is -0.140. The van der Waals surface area contributed by atoms with Gasteiger partial charge < -0.3 is 10.0 Å². The third-order valence-electron chi connectivity index (χ3n) is 2.66. The van der Waals surface area contributed by atoms with Crippen molar-refractivity contribution in [2.45, 2.75) is 13.8 Å². The number of carboxylic acid groups (broad SMARTS) is 1. The van der Waals surface area contributed by atoms with Crippen molar-refractivity contribution >= 4 is 17.4 Å². The van der Waals surface area contributed by atoms with Crippen LogP contribution in [0.1, 0.15) is 12.7 Å². The zero-order chi connectivity index (χ0) is 13.3. The molecule has 0 fully saturated rings. The zero-order valence-electron chi connectivity index (χ0n) is 10.5. The molecular weight excluding hydrogens is 234 g/mol. The second-order valence-electron chi connectivity index (χ2n) is 4.32. The van der Waals surface area contributed by atoms with Crippen molar-refractivity contribution < 1.29 is 9.90 Å². The van der Waals surface area contributed by atoms with Crippen LogP contribution in [0.25, 0.3) is 5.65 Å². The van der Waals surface area contributed by atoms with E-state index in [1.54, 1.807) is 31.9 Å². The van der Waals surface area contributed by atoms with Crippen molar-refractivity contribution in [2.75, 3.05) is 18.5 Å². The Labute approximate surface area is 104 Å². The minimum Gasteiger partial charge on any atom is -0.481 e. The highest BCUT2D eigenvalue weighted by atomic mass is 16.4. The molecule has 0 spiro atoms. The number of aryl methyl sites for hydroxylation is 1. The van der Waals surface area contributed by atoms with Gasteiger partial charge in [-0.25, -0.2) is 4.98 Å². The first kappa shape index (κ1) is 12.3. The number of fused-ring (bicyclic) bond motifs is 1. The highest BCUT2D eigenvalue weighted by molar-refractivity contribution is 5.70. The first-order valence-corrected chi connectivity index (χ1v) is 5.62. The van der Waals surface area contributed by atoms with E-state index >= 15 is 0 Å². The summed E-state index contributed by atoms with van der Waals surface area (Å²) in [6.45, 7) is 3.85. The molecule has 0 saturated carbocycles. The first-order chi connectivity index (χ1) is 8.47. The summed E-state index contributed by atoms with van der Waals surface area (Å²) < 4.78 is 1.45. The maximum atomic E-state index is 10.8. The van der Waals surface area contributed by atoms with Crippen molar-refractivity contribution in [1.82, 2.24) is 19.8 Å². The third-order valence-corrected chi connectivity index (χ3v) is 2.66. The van der Waals surface area contributed by atoms with E-state index in [9.17, 15) is 4.79 Å². The van der Waals surface area contributed by atoms with Crippen LogP contribution in [0, 0.1) is 12.8 Å². The Kier molecular flexibility index (Phi) is 3.14. The second-order valence-corrected chi connectivity index (χ2v) is 4.32. The maximum Gasteiger partial charge on any atom is 0.308 e. The fourth-order valence-corrected chi connectivity index (χ4v) is 1.66. The average Bonchev–Trinajstić information content (AvgIpc) is 2.67. The SMILES string of the molecule is Cc1nc2ccc(N(C)CC(C)C(=O)O)nn2n1. The molecule has 0 bridgehead atoms. The molecule has 2 aromatic rings. The van der Waals surface area contributed by atoms with Crippen LogP contribution in [0.2, 0.25) is 0 Å². The number of aromatic nitrogens is 4. The van der Waals surface area contributed by atoms with Gasteiger partial charge in [0.25, 0.3) is 0 Å². The Morgan fingerprint density at radius 3 is 2.89 bits per heavy atom. The van der Waals surface area contributed by atoms with Gasteiger partial charge in [-0.2, -0.15) is 0 Å². The largest absolute Gasteiger partial charge is 0.481 e. The topological polar surface area (TPSA) is 83.6 Å². The summed E-state index contributed by atoms with van der Waals surface area (Å²) in [7, 11) is 1.80. The molecule has 2 aromatic heterocycles. The van der Waals surface area contributed by atoms with E-state index in [0.29, 0.717) is 23.8 Å². The van der Waals surface area contributed by atoms with Gasteiger partial charge in [-0.05, 0) is 19.1 Å². The Morgan fingerprint density at radius 2 is 2.22 bits per heavy atom. The van der Waals surface area contributed by atoms with E-state index in [2.05, 4.69) is 15.2 Å². The van der Waals surface area contributed by atoms with Crippen molar-refractivity contribution in [3.63, 3.8) is 0 Å². The van der Waals surface area contributed by atoms with Gasteiger partial charge in [0, 0.05) is 13.6 Å². The van der Waals surface area contributed by atoms with E-state index in [4.69, 9.17) is 5.11 Å². The molecule has 7 heteroatoms. The van der Waals surface area contributed by atoms with Crippen LogP contribution in [-0.4, -0.2) is 44.5 Å². The smallest absolute Gasteiger partial charge is 0.308 e. The molecule has 0 aliphatic carbocycles. The van der Waals surface area contributed by atoms with Gasteiger partial charge in [-0.1, -0.05) is 6.92 Å². The van der Waals surface area contributed by atoms with Crippen LogP contribution in [-0.2, 0) is 4.79 Å². The number of hydrogen-bond acceptors (Lipinski definition) is 5. The number of rotatable bonds is 4. The number of aliphatic carboxylic acids is 1. The van der Waals surface area contributed by atoms with Gasteiger partial charge in [0.1, 0.15) is 5.82 Å². The van der Waals surface area contributed by atoms with Gasteiger partial charge in [0.05, 0.1) is 5.92 Å². The van der Waals surface area contributed by atoms with Crippen LogP contribution in [0.5, 0.6) is 0 Å². The Hall–Kier alpha value is -2.18. The van der Waals surface area contributed by atoms with Crippen LogP contribution in [0.4, 0.5) is 5.82 Å². The van der Waals surface area contributed by atoms with Crippen molar-refractivity contribution in [1.29, 1.82) is 0 Å². The Balaban J connectivity index is 2.22. The minimum absolute atomic E-state index is 0.390. The molecule has 2 rings (SSSR count). The molecular formula is C11H15N5O2. The second kappa shape index (κ2) is 4.59. The third kappa shape index (κ3) is 2.39. The van der Waals surface area contributed by atoms with E-state index in [1.165, 1.54) is 4.63 Å². The van der Waals surface area contributed by atoms with Crippen molar-refractivity contribution in [2.24, 2.45) is 5.92 Å². The van der Waals surface area contributed by atoms with Gasteiger partial charge in [0.15, 0.2) is 11.5 Å². The highest BCUT2D eigenvalue weighted by Crippen LogP contribution is 2.11. The molecule has 0 saturated heterocycles. The number of anilines is 1. The van der Waals surface area contributed by atoms with Crippen molar-refractivity contribution in [3.8, 4) is 0 Å². The van der Waals surface area contributed by atoms with E-state index in [-0.39, 0.29) is 0 Å².